The van der Waals surface area contributed by atoms with E-state index in [-0.39, 0.29) is 37.4 Å². The molecule has 1 aromatic heterocycles. The zero-order valence-corrected chi connectivity index (χ0v) is 25.5. The number of hydrogen-bond donors (Lipinski definition) is 2. The quantitative estimate of drug-likeness (QED) is 0.355. The molecule has 1 fully saturated rings. The van der Waals surface area contributed by atoms with Crippen molar-refractivity contribution in [3.05, 3.63) is 81.8 Å². The number of carbonyl (C=O) groups is 2. The number of fused-ring (bicyclic) bond motifs is 1. The Balaban J connectivity index is 0.00000405. The number of aliphatic hydroxyl groups excluding tert-OH is 1. The van der Waals surface area contributed by atoms with Crippen LogP contribution in [0.25, 0.3) is 11.3 Å². The number of amides is 2. The molecule has 3 aromatic rings. The second kappa shape index (κ2) is 14.4. The molecular weight excluding hydrogens is 577 g/mol. The van der Waals surface area contributed by atoms with Gasteiger partial charge in [0.15, 0.2) is 0 Å². The smallest absolute Gasteiger partial charge is 0.254 e. The molecule has 2 aliphatic heterocycles. The number of aliphatic hydroxyl groups is 1. The molecule has 2 N–H and O–H groups in total. The number of halogens is 2. The molecule has 2 aliphatic rings. The van der Waals surface area contributed by atoms with Crippen molar-refractivity contribution in [1.29, 1.82) is 0 Å². The van der Waals surface area contributed by atoms with Crippen LogP contribution in [0.4, 0.5) is 0 Å². The first kappa shape index (κ1) is 31.8. The van der Waals surface area contributed by atoms with Gasteiger partial charge >= 0.3 is 0 Å². The summed E-state index contributed by atoms with van der Waals surface area (Å²) in [5.41, 5.74) is 4.66. The molecule has 5 rings (SSSR count). The minimum atomic E-state index is -0.558. The predicted octanol–water partition coefficient (Wildman–Crippen LogP) is 4.06. The summed E-state index contributed by atoms with van der Waals surface area (Å²) < 4.78 is 5.46. The summed E-state index contributed by atoms with van der Waals surface area (Å²) >= 11 is 6.49. The molecule has 9 nitrogen and oxygen atoms in total. The van der Waals surface area contributed by atoms with E-state index in [0.717, 1.165) is 67.1 Å². The molecule has 0 spiro atoms. The number of nitrogens with zero attached hydrogens (tertiary/aromatic N) is 4. The second-order valence-electron chi connectivity index (χ2n) is 11.1. The first-order chi connectivity index (χ1) is 19.8. The molecule has 1 saturated heterocycles. The number of benzene rings is 2. The summed E-state index contributed by atoms with van der Waals surface area (Å²) in [5, 5.41) is 13.2. The zero-order chi connectivity index (χ0) is 28.9. The first-order valence-electron chi connectivity index (χ1n) is 14.0. The maximum absolute atomic E-state index is 13.3. The van der Waals surface area contributed by atoms with Gasteiger partial charge in [-0.1, -0.05) is 48.0 Å². The van der Waals surface area contributed by atoms with Gasteiger partial charge in [-0.2, -0.15) is 0 Å². The van der Waals surface area contributed by atoms with Gasteiger partial charge < -0.3 is 25.0 Å². The molecule has 3 heterocycles. The van der Waals surface area contributed by atoms with Crippen molar-refractivity contribution < 1.29 is 19.4 Å². The Morgan fingerprint density at radius 3 is 2.62 bits per heavy atom. The lowest BCUT2D eigenvalue weighted by Crippen LogP contribution is -2.40. The van der Waals surface area contributed by atoms with Crippen LogP contribution in [0.5, 0.6) is 0 Å². The molecule has 0 bridgehead atoms. The van der Waals surface area contributed by atoms with Gasteiger partial charge in [0.1, 0.15) is 12.4 Å². The van der Waals surface area contributed by atoms with Crippen molar-refractivity contribution in [3.8, 4) is 11.3 Å². The molecule has 1 atom stereocenters. The van der Waals surface area contributed by atoms with E-state index < -0.39 is 6.04 Å². The van der Waals surface area contributed by atoms with Crippen LogP contribution in [0.2, 0.25) is 5.02 Å². The van der Waals surface area contributed by atoms with E-state index >= 15 is 0 Å². The fourth-order valence-corrected chi connectivity index (χ4v) is 5.62. The Morgan fingerprint density at radius 1 is 1.19 bits per heavy atom. The Labute approximate surface area is 257 Å². The molecule has 42 heavy (non-hydrogen) atoms. The summed E-state index contributed by atoms with van der Waals surface area (Å²) in [6.07, 6.45) is 4.35. The van der Waals surface area contributed by atoms with Crippen molar-refractivity contribution in [3.63, 3.8) is 0 Å². The van der Waals surface area contributed by atoms with Crippen molar-refractivity contribution in [1.82, 2.24) is 25.1 Å². The van der Waals surface area contributed by atoms with Crippen LogP contribution in [-0.4, -0.2) is 77.1 Å². The number of hydrogen-bond acceptors (Lipinski definition) is 7. The second-order valence-corrected chi connectivity index (χ2v) is 11.5. The van der Waals surface area contributed by atoms with Crippen LogP contribution in [-0.2, 0) is 29.0 Å². The predicted molar refractivity (Wildman–Crippen MR) is 164 cm³/mol. The van der Waals surface area contributed by atoms with Gasteiger partial charge in [0.05, 0.1) is 23.4 Å². The maximum atomic E-state index is 13.3. The van der Waals surface area contributed by atoms with Gasteiger partial charge in [0.2, 0.25) is 5.91 Å². The average molecular weight is 615 g/mol. The average Bonchev–Trinajstić information content (AvgIpc) is 3.27. The van der Waals surface area contributed by atoms with Crippen LogP contribution >= 0.6 is 24.0 Å². The molecular formula is C31H37Cl2N5O4. The van der Waals surface area contributed by atoms with Crippen LogP contribution in [0.1, 0.15) is 51.8 Å². The molecule has 224 valence electrons. The summed E-state index contributed by atoms with van der Waals surface area (Å²) in [5.74, 6) is 0.650. The Hall–Kier alpha value is -3.08. The fraction of sp³-hybridized carbons (Fsp3) is 0.419. The Bertz CT molecular complexity index is 1400. The highest BCUT2D eigenvalue weighted by Gasteiger charge is 2.30. The molecule has 0 aliphatic carbocycles. The number of carbonyl (C=O) groups excluding carboxylic acids is 2. The molecule has 11 heteroatoms. The van der Waals surface area contributed by atoms with Gasteiger partial charge in [-0.25, -0.2) is 9.97 Å². The summed E-state index contributed by atoms with van der Waals surface area (Å²) in [7, 11) is 4.00. The van der Waals surface area contributed by atoms with E-state index in [4.69, 9.17) is 21.3 Å². The monoisotopic (exact) mass is 613 g/mol. The maximum Gasteiger partial charge on any atom is 0.254 e. The fourth-order valence-electron chi connectivity index (χ4n) is 5.42. The standard InChI is InChI=1S/C31H36ClN5O4.ClH/c1-36(2)16-21-3-5-22(6-4-21)27(19-38)34-29(39)18-37-17-24-8-7-23(14-25(24)31(37)40)30-26(32)15-33-28(35-30)13-20-9-11-41-12-10-20;/h3-8,14-15,20,27,38H,9-13,16-19H2,1-2H3,(H,34,39);1H/t27-;/m1./s1. The molecule has 2 amide bonds. The lowest BCUT2D eigenvalue weighted by atomic mass is 9.96. The van der Waals surface area contributed by atoms with Crippen LogP contribution in [0.15, 0.2) is 48.7 Å². The van der Waals surface area contributed by atoms with E-state index in [0.29, 0.717) is 28.7 Å². The summed E-state index contributed by atoms with van der Waals surface area (Å²) in [6.45, 7) is 2.30. The lowest BCUT2D eigenvalue weighted by Gasteiger charge is -2.21. The Kier molecular flexibility index (Phi) is 10.9. The highest BCUT2D eigenvalue weighted by atomic mass is 35.5. The van der Waals surface area contributed by atoms with E-state index in [1.165, 1.54) is 4.90 Å². The third-order valence-electron chi connectivity index (χ3n) is 7.60. The van der Waals surface area contributed by atoms with E-state index in [1.807, 2.05) is 50.5 Å². The minimum Gasteiger partial charge on any atom is -0.394 e. The first-order valence-corrected chi connectivity index (χ1v) is 14.3. The lowest BCUT2D eigenvalue weighted by molar-refractivity contribution is -0.122. The van der Waals surface area contributed by atoms with Crippen LogP contribution in [0.3, 0.4) is 0 Å². The van der Waals surface area contributed by atoms with Crippen molar-refractivity contribution >= 4 is 35.8 Å². The van der Waals surface area contributed by atoms with Crippen molar-refractivity contribution in [2.75, 3.05) is 40.5 Å². The zero-order valence-electron chi connectivity index (χ0n) is 23.9. The SMILES string of the molecule is CN(C)Cc1ccc([C@@H](CO)NC(=O)CN2Cc3ccc(-c4nc(CC5CCOCC5)ncc4Cl)cc3C2=O)cc1.Cl. The molecule has 0 unspecified atom stereocenters. The van der Waals surface area contributed by atoms with Gasteiger partial charge in [-0.05, 0) is 55.6 Å². The largest absolute Gasteiger partial charge is 0.394 e. The molecule has 0 radical (unpaired) electrons. The van der Waals surface area contributed by atoms with E-state index in [1.54, 1.807) is 12.3 Å². The number of rotatable bonds is 10. The van der Waals surface area contributed by atoms with Crippen LogP contribution < -0.4 is 5.32 Å². The number of ether oxygens (including phenoxy) is 1. The van der Waals surface area contributed by atoms with Gasteiger partial charge in [0, 0.05) is 50.0 Å². The third-order valence-corrected chi connectivity index (χ3v) is 7.88. The third kappa shape index (κ3) is 7.65. The number of aromatic nitrogens is 2. The molecule has 0 saturated carbocycles. The minimum absolute atomic E-state index is 0. The van der Waals surface area contributed by atoms with Gasteiger partial charge in [0.25, 0.3) is 5.91 Å². The van der Waals surface area contributed by atoms with Crippen molar-refractivity contribution in [2.24, 2.45) is 5.92 Å². The number of nitrogens with one attached hydrogen (secondary N) is 1. The van der Waals surface area contributed by atoms with E-state index in [2.05, 4.69) is 15.2 Å². The Morgan fingerprint density at radius 2 is 1.93 bits per heavy atom. The van der Waals surface area contributed by atoms with Crippen molar-refractivity contribution in [2.45, 2.75) is 38.4 Å². The van der Waals surface area contributed by atoms with Gasteiger partial charge in [-0.3, -0.25) is 9.59 Å². The topological polar surface area (TPSA) is 108 Å². The highest BCUT2D eigenvalue weighted by Crippen LogP contribution is 2.31. The summed E-state index contributed by atoms with van der Waals surface area (Å²) in [4.78, 5) is 39.0. The summed E-state index contributed by atoms with van der Waals surface area (Å²) in [6, 6.07) is 12.8. The normalized spacial score (nSPS) is 15.8. The van der Waals surface area contributed by atoms with Gasteiger partial charge in [-0.15, -0.1) is 12.4 Å². The highest BCUT2D eigenvalue weighted by molar-refractivity contribution is 6.32. The molecule has 2 aromatic carbocycles. The van der Waals surface area contributed by atoms with Crippen LogP contribution in [0, 0.1) is 5.92 Å². The van der Waals surface area contributed by atoms with E-state index in [9.17, 15) is 14.7 Å².